The largest absolute Gasteiger partial charge is 0.382 e. The molecule has 0 fully saturated rings. The van der Waals surface area contributed by atoms with E-state index >= 15 is 0 Å². The standard InChI is InChI=1S/C15H25NO2/c1-4-9-16-12-15(18-11-10-17-3)14-7-5-13(2)6-8-14/h5-8,15-16H,4,9-12H2,1-3H3. The first-order chi connectivity index (χ1) is 8.77. The number of hydrogen-bond acceptors (Lipinski definition) is 3. The zero-order chi connectivity index (χ0) is 13.2. The zero-order valence-electron chi connectivity index (χ0n) is 11.7. The van der Waals surface area contributed by atoms with Crippen LogP contribution in [0.4, 0.5) is 0 Å². The van der Waals surface area contributed by atoms with E-state index in [-0.39, 0.29) is 6.10 Å². The van der Waals surface area contributed by atoms with E-state index in [9.17, 15) is 0 Å². The molecule has 18 heavy (non-hydrogen) atoms. The van der Waals surface area contributed by atoms with Crippen LogP contribution in [0.15, 0.2) is 24.3 Å². The number of ether oxygens (including phenoxy) is 2. The summed E-state index contributed by atoms with van der Waals surface area (Å²) in [5.74, 6) is 0. The molecule has 0 bridgehead atoms. The van der Waals surface area contributed by atoms with Crippen LogP contribution in [-0.4, -0.2) is 33.4 Å². The summed E-state index contributed by atoms with van der Waals surface area (Å²) in [6.45, 7) is 7.40. The van der Waals surface area contributed by atoms with Crippen LogP contribution in [-0.2, 0) is 9.47 Å². The molecule has 0 aliphatic heterocycles. The van der Waals surface area contributed by atoms with Gasteiger partial charge in [0.25, 0.3) is 0 Å². The van der Waals surface area contributed by atoms with E-state index < -0.39 is 0 Å². The van der Waals surface area contributed by atoms with Crippen LogP contribution in [0.1, 0.15) is 30.6 Å². The third-order valence-electron chi connectivity index (χ3n) is 2.81. The Balaban J connectivity index is 2.54. The van der Waals surface area contributed by atoms with Gasteiger partial charge in [0.1, 0.15) is 0 Å². The average molecular weight is 251 g/mol. The van der Waals surface area contributed by atoms with Crippen molar-refractivity contribution in [1.29, 1.82) is 0 Å². The van der Waals surface area contributed by atoms with Crippen LogP contribution < -0.4 is 5.32 Å². The van der Waals surface area contributed by atoms with E-state index in [0.29, 0.717) is 13.2 Å². The lowest BCUT2D eigenvalue weighted by molar-refractivity contribution is 0.0167. The van der Waals surface area contributed by atoms with Gasteiger partial charge in [0.15, 0.2) is 0 Å². The van der Waals surface area contributed by atoms with Crippen molar-refractivity contribution in [3.05, 3.63) is 35.4 Å². The smallest absolute Gasteiger partial charge is 0.0950 e. The fourth-order valence-electron chi connectivity index (χ4n) is 1.74. The molecule has 0 aromatic heterocycles. The van der Waals surface area contributed by atoms with Gasteiger partial charge >= 0.3 is 0 Å². The van der Waals surface area contributed by atoms with Gasteiger partial charge in [-0.05, 0) is 25.5 Å². The second kappa shape index (κ2) is 9.09. The number of aryl methyl sites for hydroxylation is 1. The van der Waals surface area contributed by atoms with Crippen LogP contribution in [0.25, 0.3) is 0 Å². The highest BCUT2D eigenvalue weighted by molar-refractivity contribution is 5.23. The van der Waals surface area contributed by atoms with E-state index in [1.54, 1.807) is 7.11 Å². The molecule has 0 aliphatic carbocycles. The molecule has 1 unspecified atom stereocenters. The molecule has 0 spiro atoms. The summed E-state index contributed by atoms with van der Waals surface area (Å²) < 4.78 is 10.9. The Morgan fingerprint density at radius 1 is 1.17 bits per heavy atom. The number of nitrogens with one attached hydrogen (secondary N) is 1. The van der Waals surface area contributed by atoms with Gasteiger partial charge in [0.2, 0.25) is 0 Å². The molecular formula is C15H25NO2. The molecule has 1 N–H and O–H groups in total. The van der Waals surface area contributed by atoms with Crippen molar-refractivity contribution in [3.63, 3.8) is 0 Å². The van der Waals surface area contributed by atoms with E-state index in [1.165, 1.54) is 11.1 Å². The summed E-state index contributed by atoms with van der Waals surface area (Å²) >= 11 is 0. The van der Waals surface area contributed by atoms with Crippen molar-refractivity contribution in [2.24, 2.45) is 0 Å². The first kappa shape index (κ1) is 15.2. The Labute approximate surface area is 110 Å². The van der Waals surface area contributed by atoms with Gasteiger partial charge < -0.3 is 14.8 Å². The Kier molecular flexibility index (Phi) is 7.65. The van der Waals surface area contributed by atoms with E-state index in [2.05, 4.69) is 43.4 Å². The van der Waals surface area contributed by atoms with Crippen LogP contribution in [0, 0.1) is 6.92 Å². The lowest BCUT2D eigenvalue weighted by Crippen LogP contribution is -2.25. The average Bonchev–Trinajstić information content (AvgIpc) is 2.38. The lowest BCUT2D eigenvalue weighted by atomic mass is 10.1. The van der Waals surface area contributed by atoms with Gasteiger partial charge in [-0.3, -0.25) is 0 Å². The molecule has 0 radical (unpaired) electrons. The Bertz CT molecular complexity index is 301. The maximum absolute atomic E-state index is 5.87. The second-order valence-electron chi connectivity index (χ2n) is 4.47. The molecule has 1 aromatic rings. The van der Waals surface area contributed by atoms with Crippen molar-refractivity contribution in [2.45, 2.75) is 26.4 Å². The maximum Gasteiger partial charge on any atom is 0.0950 e. The summed E-state index contributed by atoms with van der Waals surface area (Å²) in [4.78, 5) is 0. The number of rotatable bonds is 9. The maximum atomic E-state index is 5.87. The summed E-state index contributed by atoms with van der Waals surface area (Å²) in [5.41, 5.74) is 2.50. The summed E-state index contributed by atoms with van der Waals surface area (Å²) in [6.07, 6.45) is 1.24. The van der Waals surface area contributed by atoms with Gasteiger partial charge in [-0.2, -0.15) is 0 Å². The molecule has 0 saturated heterocycles. The molecule has 3 nitrogen and oxygen atoms in total. The van der Waals surface area contributed by atoms with Gasteiger partial charge in [-0.25, -0.2) is 0 Å². The minimum Gasteiger partial charge on any atom is -0.382 e. The molecule has 0 heterocycles. The molecular weight excluding hydrogens is 226 g/mol. The highest BCUT2D eigenvalue weighted by atomic mass is 16.5. The second-order valence-corrected chi connectivity index (χ2v) is 4.47. The third-order valence-corrected chi connectivity index (χ3v) is 2.81. The quantitative estimate of drug-likeness (QED) is 0.685. The minimum absolute atomic E-state index is 0.104. The Morgan fingerprint density at radius 2 is 1.89 bits per heavy atom. The minimum atomic E-state index is 0.104. The fourth-order valence-corrected chi connectivity index (χ4v) is 1.74. The SMILES string of the molecule is CCCNCC(OCCOC)c1ccc(C)cc1. The number of hydrogen-bond donors (Lipinski definition) is 1. The zero-order valence-corrected chi connectivity index (χ0v) is 11.7. The number of benzene rings is 1. The van der Waals surface area contributed by atoms with Crippen LogP contribution in [0.5, 0.6) is 0 Å². The van der Waals surface area contributed by atoms with Crippen molar-refractivity contribution in [1.82, 2.24) is 5.32 Å². The topological polar surface area (TPSA) is 30.5 Å². The molecule has 1 rings (SSSR count). The molecule has 0 aliphatic rings. The highest BCUT2D eigenvalue weighted by Crippen LogP contribution is 2.17. The molecule has 1 aromatic carbocycles. The Morgan fingerprint density at radius 3 is 2.50 bits per heavy atom. The van der Waals surface area contributed by atoms with Crippen molar-refractivity contribution < 1.29 is 9.47 Å². The Hall–Kier alpha value is -0.900. The highest BCUT2D eigenvalue weighted by Gasteiger charge is 2.11. The number of methoxy groups -OCH3 is 1. The van der Waals surface area contributed by atoms with Crippen LogP contribution in [0.3, 0.4) is 0 Å². The van der Waals surface area contributed by atoms with Gasteiger partial charge in [-0.15, -0.1) is 0 Å². The van der Waals surface area contributed by atoms with Gasteiger partial charge in [0, 0.05) is 13.7 Å². The fraction of sp³-hybridized carbons (Fsp3) is 0.600. The molecule has 102 valence electrons. The van der Waals surface area contributed by atoms with Crippen LogP contribution in [0.2, 0.25) is 0 Å². The van der Waals surface area contributed by atoms with Crippen LogP contribution >= 0.6 is 0 Å². The van der Waals surface area contributed by atoms with Crippen molar-refractivity contribution >= 4 is 0 Å². The van der Waals surface area contributed by atoms with Gasteiger partial charge in [-0.1, -0.05) is 36.8 Å². The first-order valence-corrected chi connectivity index (χ1v) is 6.65. The normalized spacial score (nSPS) is 12.6. The summed E-state index contributed by atoms with van der Waals surface area (Å²) in [5, 5.41) is 3.41. The van der Waals surface area contributed by atoms with E-state index in [1.807, 2.05) is 0 Å². The predicted octanol–water partition coefficient (Wildman–Crippen LogP) is 2.70. The predicted molar refractivity (Wildman–Crippen MR) is 74.9 cm³/mol. The molecule has 0 amide bonds. The summed E-state index contributed by atoms with van der Waals surface area (Å²) in [7, 11) is 1.69. The van der Waals surface area contributed by atoms with E-state index in [4.69, 9.17) is 9.47 Å². The van der Waals surface area contributed by atoms with Crippen molar-refractivity contribution in [2.75, 3.05) is 33.4 Å². The molecule has 1 atom stereocenters. The summed E-state index contributed by atoms with van der Waals surface area (Å²) in [6, 6.07) is 8.53. The first-order valence-electron chi connectivity index (χ1n) is 6.65. The third kappa shape index (κ3) is 5.63. The molecule has 3 heteroatoms. The van der Waals surface area contributed by atoms with Gasteiger partial charge in [0.05, 0.1) is 19.3 Å². The monoisotopic (exact) mass is 251 g/mol. The lowest BCUT2D eigenvalue weighted by Gasteiger charge is -2.19. The molecule has 0 saturated carbocycles. The van der Waals surface area contributed by atoms with E-state index in [0.717, 1.165) is 19.5 Å². The van der Waals surface area contributed by atoms with Crippen molar-refractivity contribution in [3.8, 4) is 0 Å².